The summed E-state index contributed by atoms with van der Waals surface area (Å²) in [5.74, 6) is 0. The third-order valence-electron chi connectivity index (χ3n) is 2.24. The first-order chi connectivity index (χ1) is 6.45. The van der Waals surface area contributed by atoms with Crippen LogP contribution in [0.15, 0.2) is 30.0 Å². The molecular formula is C11H16Cl2N2. The summed E-state index contributed by atoms with van der Waals surface area (Å²) < 4.78 is 0. The van der Waals surface area contributed by atoms with E-state index in [1.54, 1.807) is 0 Å². The van der Waals surface area contributed by atoms with Crippen LogP contribution in [-0.4, -0.2) is 18.1 Å². The number of piperidine rings is 1. The van der Waals surface area contributed by atoms with Gasteiger partial charge in [0.25, 0.3) is 0 Å². The highest BCUT2D eigenvalue weighted by atomic mass is 35.5. The van der Waals surface area contributed by atoms with E-state index in [-0.39, 0.29) is 24.8 Å². The molecule has 1 fully saturated rings. The maximum atomic E-state index is 4.27. The first kappa shape index (κ1) is 14.4. The summed E-state index contributed by atoms with van der Waals surface area (Å²) in [5.41, 5.74) is 2.53. The molecule has 15 heavy (non-hydrogen) atoms. The minimum absolute atomic E-state index is 0. The van der Waals surface area contributed by atoms with E-state index in [2.05, 4.69) is 16.4 Å². The fourth-order valence-corrected chi connectivity index (χ4v) is 1.57. The zero-order valence-corrected chi connectivity index (χ0v) is 10.1. The average Bonchev–Trinajstić information content (AvgIpc) is 2.21. The molecule has 0 atom stereocenters. The average molecular weight is 247 g/mol. The zero-order chi connectivity index (χ0) is 8.93. The predicted molar refractivity (Wildman–Crippen MR) is 68.8 cm³/mol. The summed E-state index contributed by atoms with van der Waals surface area (Å²) in [6, 6.07) is 6.01. The fraction of sp³-hybridized carbons (Fsp3) is 0.364. The van der Waals surface area contributed by atoms with Gasteiger partial charge in [0.05, 0.1) is 5.69 Å². The van der Waals surface area contributed by atoms with Crippen LogP contribution in [0.5, 0.6) is 0 Å². The number of halogens is 2. The lowest BCUT2D eigenvalue weighted by atomic mass is 10.1. The van der Waals surface area contributed by atoms with E-state index in [0.29, 0.717) is 0 Å². The number of nitrogens with one attached hydrogen (secondary N) is 1. The van der Waals surface area contributed by atoms with E-state index in [9.17, 15) is 0 Å². The van der Waals surface area contributed by atoms with Crippen molar-refractivity contribution in [1.29, 1.82) is 0 Å². The smallest absolute Gasteiger partial charge is 0.0629 e. The third kappa shape index (κ3) is 4.65. The van der Waals surface area contributed by atoms with Crippen molar-refractivity contribution in [2.45, 2.75) is 12.8 Å². The van der Waals surface area contributed by atoms with E-state index in [4.69, 9.17) is 0 Å². The van der Waals surface area contributed by atoms with Gasteiger partial charge < -0.3 is 5.32 Å². The Hall–Kier alpha value is -0.570. The van der Waals surface area contributed by atoms with Crippen LogP contribution >= 0.6 is 24.8 Å². The number of nitrogens with zero attached hydrogens (tertiary/aromatic N) is 1. The van der Waals surface area contributed by atoms with Gasteiger partial charge in [0.1, 0.15) is 0 Å². The lowest BCUT2D eigenvalue weighted by Gasteiger charge is -2.14. The Morgan fingerprint density at radius 3 is 2.73 bits per heavy atom. The number of hydrogen-bond acceptors (Lipinski definition) is 2. The third-order valence-corrected chi connectivity index (χ3v) is 2.24. The van der Waals surface area contributed by atoms with Crippen LogP contribution in [0, 0.1) is 0 Å². The van der Waals surface area contributed by atoms with Gasteiger partial charge in [0.15, 0.2) is 0 Å². The van der Waals surface area contributed by atoms with Crippen LogP contribution < -0.4 is 5.32 Å². The normalized spacial score (nSPS) is 17.7. The van der Waals surface area contributed by atoms with Crippen LogP contribution in [0.25, 0.3) is 6.08 Å². The molecule has 0 aromatic carbocycles. The monoisotopic (exact) mass is 246 g/mol. The van der Waals surface area contributed by atoms with Gasteiger partial charge in [-0.2, -0.15) is 0 Å². The van der Waals surface area contributed by atoms with Gasteiger partial charge >= 0.3 is 0 Å². The standard InChI is InChI=1S/C11H14N2.2ClH/c1-2-7-13-11(5-1)8-10-4-3-6-12-9-10;;/h1-2,5,7-8,12H,3-4,6,9H2;2*1H/b10-8-;;. The minimum Gasteiger partial charge on any atom is -0.313 e. The molecule has 2 rings (SSSR count). The van der Waals surface area contributed by atoms with Gasteiger partial charge in [0, 0.05) is 12.7 Å². The summed E-state index contributed by atoms with van der Waals surface area (Å²) in [4.78, 5) is 4.27. The molecule has 1 aromatic heterocycles. The minimum atomic E-state index is 0. The molecule has 2 nitrogen and oxygen atoms in total. The summed E-state index contributed by atoms with van der Waals surface area (Å²) in [5, 5.41) is 3.36. The van der Waals surface area contributed by atoms with Crippen LogP contribution in [-0.2, 0) is 0 Å². The van der Waals surface area contributed by atoms with Crippen LogP contribution in [0.4, 0.5) is 0 Å². The van der Waals surface area contributed by atoms with Gasteiger partial charge in [-0.15, -0.1) is 24.8 Å². The van der Waals surface area contributed by atoms with Gasteiger partial charge in [-0.3, -0.25) is 4.98 Å². The topological polar surface area (TPSA) is 24.9 Å². The maximum Gasteiger partial charge on any atom is 0.0629 e. The first-order valence-electron chi connectivity index (χ1n) is 4.76. The van der Waals surface area contributed by atoms with Crippen molar-refractivity contribution in [3.05, 3.63) is 35.7 Å². The molecule has 0 unspecified atom stereocenters. The largest absolute Gasteiger partial charge is 0.313 e. The molecule has 2 heterocycles. The van der Waals surface area contributed by atoms with Crippen LogP contribution in [0.1, 0.15) is 18.5 Å². The highest BCUT2D eigenvalue weighted by Gasteiger charge is 2.03. The second kappa shape index (κ2) is 7.69. The second-order valence-electron chi connectivity index (χ2n) is 3.34. The van der Waals surface area contributed by atoms with Gasteiger partial charge in [-0.1, -0.05) is 11.6 Å². The van der Waals surface area contributed by atoms with E-state index < -0.39 is 0 Å². The van der Waals surface area contributed by atoms with Crippen molar-refractivity contribution in [2.75, 3.05) is 13.1 Å². The zero-order valence-electron chi connectivity index (χ0n) is 8.48. The molecule has 1 saturated heterocycles. The van der Waals surface area contributed by atoms with Crippen molar-refractivity contribution in [3.63, 3.8) is 0 Å². The number of rotatable bonds is 1. The molecule has 0 bridgehead atoms. The van der Waals surface area contributed by atoms with Crippen molar-refractivity contribution in [1.82, 2.24) is 10.3 Å². The molecule has 4 heteroatoms. The van der Waals surface area contributed by atoms with Crippen LogP contribution in [0.3, 0.4) is 0 Å². The van der Waals surface area contributed by atoms with Crippen molar-refractivity contribution >= 4 is 30.9 Å². The Morgan fingerprint density at radius 2 is 2.13 bits per heavy atom. The Labute approximate surface area is 103 Å². The summed E-state index contributed by atoms with van der Waals surface area (Å²) in [7, 11) is 0. The second-order valence-corrected chi connectivity index (χ2v) is 3.34. The highest BCUT2D eigenvalue weighted by Crippen LogP contribution is 2.11. The molecule has 84 valence electrons. The van der Waals surface area contributed by atoms with E-state index in [1.807, 2.05) is 24.4 Å². The maximum absolute atomic E-state index is 4.27. The quantitative estimate of drug-likeness (QED) is 0.825. The predicted octanol–water partition coefficient (Wildman–Crippen LogP) is 2.69. The molecule has 0 spiro atoms. The highest BCUT2D eigenvalue weighted by molar-refractivity contribution is 5.85. The van der Waals surface area contributed by atoms with Gasteiger partial charge in [-0.05, 0) is 37.6 Å². The first-order valence-corrected chi connectivity index (χ1v) is 4.76. The lowest BCUT2D eigenvalue weighted by molar-refractivity contribution is 0.613. The number of pyridine rings is 1. The molecule has 0 radical (unpaired) electrons. The van der Waals surface area contributed by atoms with Gasteiger partial charge in [-0.25, -0.2) is 0 Å². The van der Waals surface area contributed by atoms with E-state index in [1.165, 1.54) is 18.4 Å². The van der Waals surface area contributed by atoms with Crippen molar-refractivity contribution < 1.29 is 0 Å². The summed E-state index contributed by atoms with van der Waals surface area (Å²) in [6.45, 7) is 2.18. The van der Waals surface area contributed by atoms with Crippen molar-refractivity contribution in [2.24, 2.45) is 0 Å². The fourth-order valence-electron chi connectivity index (χ4n) is 1.57. The lowest BCUT2D eigenvalue weighted by Crippen LogP contribution is -2.23. The molecule has 0 saturated carbocycles. The SMILES string of the molecule is C(=C1\CCCNC1)/c1ccccn1.Cl.Cl. The molecule has 1 N–H and O–H groups in total. The van der Waals surface area contributed by atoms with Crippen molar-refractivity contribution in [3.8, 4) is 0 Å². The van der Waals surface area contributed by atoms with Crippen LogP contribution in [0.2, 0.25) is 0 Å². The van der Waals surface area contributed by atoms with E-state index in [0.717, 1.165) is 18.8 Å². The number of aromatic nitrogens is 1. The molecule has 1 aromatic rings. The Bertz CT molecular complexity index is 291. The molecule has 0 amide bonds. The Kier molecular flexibility index (Phi) is 7.39. The molecular weight excluding hydrogens is 231 g/mol. The van der Waals surface area contributed by atoms with Gasteiger partial charge in [0.2, 0.25) is 0 Å². The molecule has 1 aliphatic heterocycles. The Balaban J connectivity index is 0.000000980. The summed E-state index contributed by atoms with van der Waals surface area (Å²) >= 11 is 0. The molecule has 1 aliphatic rings. The van der Waals surface area contributed by atoms with E-state index >= 15 is 0 Å². The number of hydrogen-bond donors (Lipinski definition) is 1. The summed E-state index contributed by atoms with van der Waals surface area (Å²) in [6.07, 6.45) is 6.48. The molecule has 0 aliphatic carbocycles. The Morgan fingerprint density at radius 1 is 1.27 bits per heavy atom.